The van der Waals surface area contributed by atoms with E-state index in [9.17, 15) is 5.26 Å². The second-order valence-electron chi connectivity index (χ2n) is 12.7. The van der Waals surface area contributed by atoms with Crippen LogP contribution in [0.25, 0.3) is 98.4 Å². The normalized spacial score (nSPS) is 11.7. The lowest BCUT2D eigenvalue weighted by atomic mass is 9.85. The highest BCUT2D eigenvalue weighted by atomic mass is 16.3. The molecule has 2 heteroatoms. The van der Waals surface area contributed by atoms with Crippen molar-refractivity contribution < 1.29 is 4.42 Å². The molecule has 0 bridgehead atoms. The monoisotopic (exact) mass is 621 g/mol. The van der Waals surface area contributed by atoms with Crippen LogP contribution in [-0.4, -0.2) is 0 Å². The van der Waals surface area contributed by atoms with Crippen molar-refractivity contribution in [2.24, 2.45) is 0 Å². The van der Waals surface area contributed by atoms with Gasteiger partial charge in [0.05, 0.1) is 5.56 Å². The first-order chi connectivity index (χ1) is 24.3. The molecule has 49 heavy (non-hydrogen) atoms. The van der Waals surface area contributed by atoms with Crippen molar-refractivity contribution in [3.8, 4) is 39.4 Å². The average Bonchev–Trinajstić information content (AvgIpc) is 3.54. The Bertz CT molecular complexity index is 2880. The van der Waals surface area contributed by atoms with Gasteiger partial charge in [-0.1, -0.05) is 152 Å². The molecule has 0 aliphatic rings. The Balaban J connectivity index is 1.27. The van der Waals surface area contributed by atoms with Gasteiger partial charge in [0.15, 0.2) is 0 Å². The number of benzene rings is 9. The lowest BCUT2D eigenvalue weighted by molar-refractivity contribution is 0.670. The Morgan fingerprint density at radius 3 is 1.41 bits per heavy atom. The van der Waals surface area contributed by atoms with E-state index in [2.05, 4.69) is 158 Å². The van der Waals surface area contributed by atoms with Crippen LogP contribution in [0.3, 0.4) is 0 Å². The lowest BCUT2D eigenvalue weighted by Gasteiger charge is -2.17. The highest BCUT2D eigenvalue weighted by molar-refractivity contribution is 6.24. The number of rotatable bonds is 3. The highest BCUT2D eigenvalue weighted by Crippen LogP contribution is 2.47. The van der Waals surface area contributed by atoms with Crippen molar-refractivity contribution in [3.63, 3.8) is 0 Å². The van der Waals surface area contributed by atoms with E-state index >= 15 is 0 Å². The van der Waals surface area contributed by atoms with Crippen molar-refractivity contribution >= 4 is 65.0 Å². The minimum atomic E-state index is 0.715. The van der Waals surface area contributed by atoms with Crippen LogP contribution in [-0.2, 0) is 0 Å². The molecule has 1 heterocycles. The summed E-state index contributed by atoms with van der Waals surface area (Å²) in [5.74, 6) is 0. The van der Waals surface area contributed by atoms with Crippen LogP contribution >= 0.6 is 0 Å². The first-order valence-electron chi connectivity index (χ1n) is 16.6. The maximum Gasteiger partial charge on any atom is 0.143 e. The molecule has 0 atom stereocenters. The fraction of sp³-hybridized carbons (Fsp3) is 0. The van der Waals surface area contributed by atoms with Crippen LogP contribution in [0, 0.1) is 11.3 Å². The first kappa shape index (κ1) is 27.4. The van der Waals surface area contributed by atoms with Gasteiger partial charge in [0, 0.05) is 32.7 Å². The zero-order valence-corrected chi connectivity index (χ0v) is 26.4. The summed E-state index contributed by atoms with van der Waals surface area (Å²) in [6, 6.07) is 60.2. The molecule has 0 saturated heterocycles. The summed E-state index contributed by atoms with van der Waals surface area (Å²) in [6.45, 7) is 0. The molecule has 0 spiro atoms. The Kier molecular flexibility index (Phi) is 5.97. The van der Waals surface area contributed by atoms with Gasteiger partial charge >= 0.3 is 0 Å². The van der Waals surface area contributed by atoms with Gasteiger partial charge in [-0.15, -0.1) is 0 Å². The van der Waals surface area contributed by atoms with Crippen molar-refractivity contribution in [1.29, 1.82) is 5.26 Å². The van der Waals surface area contributed by atoms with Crippen molar-refractivity contribution in [3.05, 3.63) is 169 Å². The molecule has 0 fully saturated rings. The van der Waals surface area contributed by atoms with Crippen molar-refractivity contribution in [1.82, 2.24) is 0 Å². The molecule has 0 amide bonds. The van der Waals surface area contributed by atoms with Crippen LogP contribution in [0.15, 0.2) is 168 Å². The third kappa shape index (κ3) is 4.00. The molecule has 226 valence electrons. The zero-order chi connectivity index (χ0) is 32.5. The number of hydrogen-bond acceptors (Lipinski definition) is 2. The maximum absolute atomic E-state index is 10.2. The minimum Gasteiger partial charge on any atom is -0.455 e. The van der Waals surface area contributed by atoms with E-state index in [0.717, 1.165) is 60.2 Å². The number of nitrogens with zero attached hydrogens (tertiary/aromatic N) is 1. The van der Waals surface area contributed by atoms with Gasteiger partial charge in [0.2, 0.25) is 0 Å². The molecular weight excluding hydrogens is 595 g/mol. The maximum atomic E-state index is 10.2. The molecule has 9 aromatic carbocycles. The second kappa shape index (κ2) is 10.7. The molecule has 2 nitrogen and oxygen atoms in total. The molecule has 0 unspecified atom stereocenters. The predicted molar refractivity (Wildman–Crippen MR) is 205 cm³/mol. The molecule has 1 aromatic heterocycles. The average molecular weight is 622 g/mol. The fourth-order valence-corrected chi connectivity index (χ4v) is 8.05. The van der Waals surface area contributed by atoms with E-state index in [1.807, 2.05) is 12.1 Å². The number of para-hydroxylation sites is 1. The summed E-state index contributed by atoms with van der Waals surface area (Å²) in [7, 11) is 0. The molecule has 10 rings (SSSR count). The third-order valence-electron chi connectivity index (χ3n) is 10.1. The summed E-state index contributed by atoms with van der Waals surface area (Å²) in [5, 5.41) is 21.3. The number of fused-ring (bicyclic) bond motifs is 7. The largest absolute Gasteiger partial charge is 0.455 e. The summed E-state index contributed by atoms with van der Waals surface area (Å²) in [6.07, 6.45) is 0. The van der Waals surface area contributed by atoms with E-state index in [1.165, 1.54) is 38.2 Å². The van der Waals surface area contributed by atoms with Gasteiger partial charge in [-0.2, -0.15) is 5.26 Å². The van der Waals surface area contributed by atoms with Gasteiger partial charge in [0.25, 0.3) is 0 Å². The Hall–Kier alpha value is -6.69. The molecular formula is C47H27NO. The van der Waals surface area contributed by atoms with Crippen LogP contribution in [0.1, 0.15) is 5.56 Å². The summed E-state index contributed by atoms with van der Waals surface area (Å²) >= 11 is 0. The quantitative estimate of drug-likeness (QED) is 0.184. The number of furan rings is 1. The van der Waals surface area contributed by atoms with E-state index in [4.69, 9.17) is 4.42 Å². The zero-order valence-electron chi connectivity index (χ0n) is 26.4. The van der Waals surface area contributed by atoms with Gasteiger partial charge < -0.3 is 4.42 Å². The Morgan fingerprint density at radius 1 is 0.367 bits per heavy atom. The fourth-order valence-electron chi connectivity index (χ4n) is 8.05. The predicted octanol–water partition coefficient (Wildman–Crippen LogP) is 13.1. The van der Waals surface area contributed by atoms with Gasteiger partial charge in [-0.05, 0) is 66.7 Å². The minimum absolute atomic E-state index is 0.715. The smallest absolute Gasteiger partial charge is 0.143 e. The molecule has 0 aliphatic heterocycles. The summed E-state index contributed by atoms with van der Waals surface area (Å²) < 4.78 is 6.81. The van der Waals surface area contributed by atoms with Crippen molar-refractivity contribution in [2.75, 3.05) is 0 Å². The topological polar surface area (TPSA) is 36.9 Å². The molecule has 10 aromatic rings. The van der Waals surface area contributed by atoms with Crippen LogP contribution in [0.2, 0.25) is 0 Å². The molecule has 0 radical (unpaired) electrons. The van der Waals surface area contributed by atoms with E-state index in [-0.39, 0.29) is 0 Å². The third-order valence-corrected chi connectivity index (χ3v) is 10.1. The second-order valence-corrected chi connectivity index (χ2v) is 12.7. The van der Waals surface area contributed by atoms with Crippen molar-refractivity contribution in [2.45, 2.75) is 0 Å². The highest BCUT2D eigenvalue weighted by Gasteiger charge is 2.21. The SMILES string of the molecule is N#Cc1c2ccccc2c(-c2ccc3oc4c(-c5c6ccccc6c(-c6ccccc6)c6ccccc56)cccc4c3c2)c2ccccc12. The van der Waals surface area contributed by atoms with E-state index < -0.39 is 0 Å². The Morgan fingerprint density at radius 2 is 0.837 bits per heavy atom. The Labute approximate surface area is 282 Å². The lowest BCUT2D eigenvalue weighted by Crippen LogP contribution is -1.91. The summed E-state index contributed by atoms with van der Waals surface area (Å²) in [4.78, 5) is 0. The van der Waals surface area contributed by atoms with Gasteiger partial charge in [-0.25, -0.2) is 0 Å². The van der Waals surface area contributed by atoms with Crippen LogP contribution < -0.4 is 0 Å². The number of hydrogen-bond donors (Lipinski definition) is 0. The van der Waals surface area contributed by atoms with Gasteiger partial charge in [-0.3, -0.25) is 0 Å². The first-order valence-corrected chi connectivity index (χ1v) is 16.6. The molecule has 0 aliphatic carbocycles. The number of nitriles is 1. The van der Waals surface area contributed by atoms with Gasteiger partial charge in [0.1, 0.15) is 17.2 Å². The summed E-state index contributed by atoms with van der Waals surface area (Å²) in [5.41, 5.74) is 9.39. The van der Waals surface area contributed by atoms with Crippen LogP contribution in [0.4, 0.5) is 0 Å². The molecule has 0 N–H and O–H groups in total. The molecule has 0 saturated carbocycles. The van der Waals surface area contributed by atoms with Crippen LogP contribution in [0.5, 0.6) is 0 Å². The standard InChI is InChI=1S/C47H27NO/c48-28-42-31-15-4-6-17-33(31)45(34-18-7-5-16-32(34)42)30-25-26-43-41(27-30)39-23-12-24-40(47(39)49-43)46-37-21-10-8-19-35(37)44(29-13-2-1-3-14-29)36-20-9-11-22-38(36)46/h1-27H. The van der Waals surface area contributed by atoms with E-state index in [0.29, 0.717) is 5.56 Å². The van der Waals surface area contributed by atoms with E-state index in [1.54, 1.807) is 0 Å².